The Kier molecular flexibility index (Phi) is 10.1. The number of carbonyl (C=O) groups is 1. The lowest BCUT2D eigenvalue weighted by Gasteiger charge is -2.28. The average molecular weight is 497 g/mol. The molecule has 1 N–H and O–H groups in total. The third-order valence-electron chi connectivity index (χ3n) is 5.95. The molecule has 0 spiro atoms. The van der Waals surface area contributed by atoms with Gasteiger partial charge in [-0.1, -0.05) is 62.7 Å². The second-order valence-corrected chi connectivity index (χ2v) is 8.99. The number of halogens is 2. The van der Waals surface area contributed by atoms with Crippen molar-refractivity contribution < 1.29 is 26.8 Å². The van der Waals surface area contributed by atoms with E-state index in [9.17, 15) is 10.1 Å². The van der Waals surface area contributed by atoms with Gasteiger partial charge in [0.2, 0.25) is 0 Å². The maximum Gasteiger partial charge on any atom is 0.332 e. The molecule has 0 amide bonds. The van der Waals surface area contributed by atoms with Crippen LogP contribution in [0.4, 0.5) is 11.4 Å². The fourth-order valence-electron chi connectivity index (χ4n) is 3.96. The maximum atomic E-state index is 13.3. The normalized spacial score (nSPS) is 13.3. The topological polar surface area (TPSA) is 54.5 Å². The Morgan fingerprint density at radius 1 is 1.03 bits per heavy atom. The Morgan fingerprint density at radius 3 is 2.26 bits per heavy atom. The first-order valence-corrected chi connectivity index (χ1v) is 11.7. The quantitative estimate of drug-likeness (QED) is 0.366. The number of ether oxygens (including phenoxy) is 1. The van der Waals surface area contributed by atoms with E-state index in [2.05, 4.69) is 37.3 Å². The lowest BCUT2D eigenvalue weighted by molar-refractivity contribution is -0.760. The summed E-state index contributed by atoms with van der Waals surface area (Å²) < 4.78 is 5.62. The van der Waals surface area contributed by atoms with Crippen molar-refractivity contribution in [2.75, 3.05) is 6.54 Å². The van der Waals surface area contributed by atoms with Crippen LogP contribution in [-0.2, 0) is 11.2 Å². The highest BCUT2D eigenvalue weighted by molar-refractivity contribution is 6.30. The van der Waals surface area contributed by atoms with Crippen molar-refractivity contribution in [2.24, 2.45) is 11.3 Å². The Labute approximate surface area is 213 Å². The standard InChI is InChI=1S/C28H29ClN2O2.ClH/c1-4-17-31(24-10-6-5-7-11-24)25-12-8-9-22(18-25)19-28(20-30,21(2)3)27(32)33-26-15-13-23(29)14-16-26;/h5-16,18,21H,4,17,19H2,1-3H3;1H. The number of quaternary nitrogens is 1. The molecule has 2 unspecified atom stereocenters. The molecule has 34 heavy (non-hydrogen) atoms. The summed E-state index contributed by atoms with van der Waals surface area (Å²) in [5.41, 5.74) is 1.92. The van der Waals surface area contributed by atoms with Gasteiger partial charge in [0.1, 0.15) is 17.1 Å². The van der Waals surface area contributed by atoms with E-state index >= 15 is 0 Å². The SMILES string of the molecule is CCC[NH+](c1ccccc1)c1cccc(CC(C#N)(C(=O)Oc2ccc(Cl)cc2)C(C)C)c1.[Cl-]. The van der Waals surface area contributed by atoms with Crippen LogP contribution in [0.15, 0.2) is 78.9 Å². The van der Waals surface area contributed by atoms with Crippen molar-refractivity contribution >= 4 is 28.9 Å². The molecule has 0 aromatic heterocycles. The van der Waals surface area contributed by atoms with E-state index in [0.29, 0.717) is 10.8 Å². The zero-order chi connectivity index (χ0) is 23.8. The van der Waals surface area contributed by atoms with E-state index in [1.807, 2.05) is 44.2 Å². The first-order valence-electron chi connectivity index (χ1n) is 11.3. The number of esters is 1. The average Bonchev–Trinajstić information content (AvgIpc) is 2.83. The van der Waals surface area contributed by atoms with E-state index in [1.54, 1.807) is 24.3 Å². The third kappa shape index (κ3) is 6.39. The zero-order valence-corrected chi connectivity index (χ0v) is 21.2. The van der Waals surface area contributed by atoms with Crippen LogP contribution in [0.1, 0.15) is 32.8 Å². The summed E-state index contributed by atoms with van der Waals surface area (Å²) in [6.07, 6.45) is 1.30. The smallest absolute Gasteiger partial charge is 0.332 e. The molecule has 0 fully saturated rings. The summed E-state index contributed by atoms with van der Waals surface area (Å²) in [7, 11) is 0. The summed E-state index contributed by atoms with van der Waals surface area (Å²) in [5, 5.41) is 10.7. The summed E-state index contributed by atoms with van der Waals surface area (Å²) >= 11 is 5.94. The molecule has 6 heteroatoms. The fourth-order valence-corrected chi connectivity index (χ4v) is 4.09. The van der Waals surface area contributed by atoms with Crippen LogP contribution in [0.2, 0.25) is 5.02 Å². The molecular weight excluding hydrogens is 467 g/mol. The van der Waals surface area contributed by atoms with Gasteiger partial charge in [0, 0.05) is 17.5 Å². The minimum atomic E-state index is -1.31. The maximum absolute atomic E-state index is 13.3. The second kappa shape index (κ2) is 12.6. The first kappa shape index (κ1) is 27.4. The number of para-hydroxylation sites is 1. The van der Waals surface area contributed by atoms with E-state index in [1.165, 1.54) is 10.6 Å². The predicted octanol–water partition coefficient (Wildman–Crippen LogP) is 2.92. The van der Waals surface area contributed by atoms with E-state index in [4.69, 9.17) is 16.3 Å². The Balaban J connectivity index is 0.00000408. The molecule has 0 aliphatic heterocycles. The molecule has 3 aromatic rings. The molecule has 4 nitrogen and oxygen atoms in total. The van der Waals surface area contributed by atoms with Gasteiger partial charge in [0.25, 0.3) is 0 Å². The van der Waals surface area contributed by atoms with Gasteiger partial charge in [0.05, 0.1) is 12.6 Å². The number of nitrogens with zero attached hydrogens (tertiary/aromatic N) is 1. The molecule has 0 aliphatic carbocycles. The van der Waals surface area contributed by atoms with Gasteiger partial charge in [-0.15, -0.1) is 0 Å². The molecule has 0 saturated heterocycles. The number of benzene rings is 3. The van der Waals surface area contributed by atoms with Crippen LogP contribution in [0.5, 0.6) is 5.75 Å². The number of carbonyl (C=O) groups excluding carboxylic acids is 1. The van der Waals surface area contributed by atoms with E-state index < -0.39 is 11.4 Å². The number of nitrogens with one attached hydrogen (secondary N) is 1. The predicted molar refractivity (Wildman–Crippen MR) is 132 cm³/mol. The van der Waals surface area contributed by atoms with Crippen molar-refractivity contribution in [1.29, 1.82) is 5.26 Å². The van der Waals surface area contributed by atoms with Crippen LogP contribution in [0, 0.1) is 22.7 Å². The Bertz CT molecular complexity index is 1110. The third-order valence-corrected chi connectivity index (χ3v) is 6.21. The summed E-state index contributed by atoms with van der Waals surface area (Å²) in [6.45, 7) is 6.88. The Morgan fingerprint density at radius 2 is 1.68 bits per heavy atom. The summed E-state index contributed by atoms with van der Waals surface area (Å²) in [4.78, 5) is 14.5. The molecule has 0 bridgehead atoms. The van der Waals surface area contributed by atoms with Gasteiger partial charge < -0.3 is 17.1 Å². The minimum Gasteiger partial charge on any atom is -1.00 e. The largest absolute Gasteiger partial charge is 1.00 e. The molecule has 0 aliphatic rings. The molecule has 3 aromatic carbocycles. The lowest BCUT2D eigenvalue weighted by atomic mass is 9.74. The van der Waals surface area contributed by atoms with Crippen molar-refractivity contribution in [3.8, 4) is 11.8 Å². The number of hydrogen-bond acceptors (Lipinski definition) is 3. The van der Waals surface area contributed by atoms with Crippen LogP contribution in [0.3, 0.4) is 0 Å². The lowest BCUT2D eigenvalue weighted by Crippen LogP contribution is -3.02. The van der Waals surface area contributed by atoms with Crippen molar-refractivity contribution in [1.82, 2.24) is 0 Å². The van der Waals surface area contributed by atoms with Crippen LogP contribution in [0.25, 0.3) is 0 Å². The zero-order valence-electron chi connectivity index (χ0n) is 19.7. The summed E-state index contributed by atoms with van der Waals surface area (Å²) in [5.74, 6) is -0.409. The molecule has 178 valence electrons. The van der Waals surface area contributed by atoms with Crippen molar-refractivity contribution in [3.05, 3.63) is 89.4 Å². The van der Waals surface area contributed by atoms with E-state index in [0.717, 1.165) is 24.2 Å². The van der Waals surface area contributed by atoms with Gasteiger partial charge in [-0.05, 0) is 60.4 Å². The molecule has 0 radical (unpaired) electrons. The van der Waals surface area contributed by atoms with Gasteiger partial charge in [-0.25, -0.2) is 4.79 Å². The fraction of sp³-hybridized carbons (Fsp3) is 0.286. The van der Waals surface area contributed by atoms with Gasteiger partial charge in [0.15, 0.2) is 5.41 Å². The van der Waals surface area contributed by atoms with E-state index in [-0.39, 0.29) is 24.7 Å². The van der Waals surface area contributed by atoms with Crippen LogP contribution >= 0.6 is 11.6 Å². The molecule has 2 atom stereocenters. The second-order valence-electron chi connectivity index (χ2n) is 8.55. The summed E-state index contributed by atoms with van der Waals surface area (Å²) in [6, 6.07) is 27.4. The first-order chi connectivity index (χ1) is 15.9. The molecule has 3 rings (SSSR count). The number of hydrogen-bond donors (Lipinski definition) is 1. The molecular formula is C28H30Cl2N2O2. The van der Waals surface area contributed by atoms with Gasteiger partial charge in [-0.3, -0.25) is 4.90 Å². The van der Waals surface area contributed by atoms with Crippen molar-refractivity contribution in [3.63, 3.8) is 0 Å². The van der Waals surface area contributed by atoms with Crippen LogP contribution < -0.4 is 22.0 Å². The monoisotopic (exact) mass is 496 g/mol. The highest BCUT2D eigenvalue weighted by Gasteiger charge is 2.44. The number of rotatable bonds is 9. The highest BCUT2D eigenvalue weighted by Crippen LogP contribution is 2.34. The van der Waals surface area contributed by atoms with Gasteiger partial charge >= 0.3 is 5.97 Å². The molecule has 0 saturated carbocycles. The Hall–Kier alpha value is -2.84. The number of nitriles is 1. The van der Waals surface area contributed by atoms with Crippen molar-refractivity contribution in [2.45, 2.75) is 33.6 Å². The molecule has 0 heterocycles. The van der Waals surface area contributed by atoms with Crippen LogP contribution in [-0.4, -0.2) is 12.5 Å². The highest BCUT2D eigenvalue weighted by atomic mass is 35.5. The van der Waals surface area contributed by atoms with Gasteiger partial charge in [-0.2, -0.15) is 5.26 Å². The minimum absolute atomic E-state index is 0.